The Morgan fingerprint density at radius 2 is 2.40 bits per heavy atom. The molecule has 2 rings (SSSR count). The molecular weight excluding hydrogens is 300 g/mol. The molecule has 1 aromatic heterocycles. The number of hydrogen-bond acceptors (Lipinski definition) is 6. The van der Waals surface area contributed by atoms with Crippen molar-refractivity contribution in [2.24, 2.45) is 5.92 Å². The molecule has 0 N–H and O–H groups in total. The second-order valence-corrected chi connectivity index (χ2v) is 6.06. The lowest BCUT2D eigenvalue weighted by Gasteiger charge is -2.32. The number of carbonyl (C=O) groups is 1. The first-order chi connectivity index (χ1) is 9.65. The lowest BCUT2D eigenvalue weighted by atomic mass is 9.99. The van der Waals surface area contributed by atoms with Gasteiger partial charge in [-0.05, 0) is 25.7 Å². The Hall–Kier alpha value is -0.850. The maximum absolute atomic E-state index is 11.6. The van der Waals surface area contributed by atoms with E-state index in [0.717, 1.165) is 37.9 Å². The monoisotopic (exact) mass is 318 g/mol. The van der Waals surface area contributed by atoms with Gasteiger partial charge in [0.25, 0.3) is 0 Å². The third-order valence-corrected chi connectivity index (χ3v) is 4.77. The molecular formula is C13H19ClN2O3S. The van der Waals surface area contributed by atoms with Crippen molar-refractivity contribution in [2.75, 3.05) is 38.3 Å². The van der Waals surface area contributed by atoms with Crippen molar-refractivity contribution in [3.8, 4) is 0 Å². The van der Waals surface area contributed by atoms with Crippen LogP contribution < -0.4 is 4.90 Å². The number of anilines is 1. The number of hydrogen-bond donors (Lipinski definition) is 0. The molecule has 1 saturated heterocycles. The summed E-state index contributed by atoms with van der Waals surface area (Å²) in [7, 11) is 1.34. The fraction of sp³-hybridized carbons (Fsp3) is 0.692. The minimum absolute atomic E-state index is 0.226. The molecule has 20 heavy (non-hydrogen) atoms. The second-order valence-electron chi connectivity index (χ2n) is 4.72. The van der Waals surface area contributed by atoms with Crippen molar-refractivity contribution in [2.45, 2.75) is 19.8 Å². The number of aromatic nitrogens is 1. The number of ether oxygens (including phenoxy) is 2. The molecule has 0 radical (unpaired) electrons. The third kappa shape index (κ3) is 3.62. The molecule has 5 nitrogen and oxygen atoms in total. The van der Waals surface area contributed by atoms with Crippen LogP contribution in [0.4, 0.5) is 5.13 Å². The predicted molar refractivity (Wildman–Crippen MR) is 79.9 cm³/mol. The molecule has 7 heteroatoms. The second kappa shape index (κ2) is 7.24. The van der Waals surface area contributed by atoms with Gasteiger partial charge in [-0.1, -0.05) is 22.9 Å². The number of nitrogens with zero attached hydrogens (tertiary/aromatic N) is 2. The number of methoxy groups -OCH3 is 1. The molecule has 0 aliphatic carbocycles. The lowest BCUT2D eigenvalue weighted by Crippen LogP contribution is -2.37. The van der Waals surface area contributed by atoms with Crippen molar-refractivity contribution in [3.05, 3.63) is 10.0 Å². The quantitative estimate of drug-likeness (QED) is 0.781. The number of piperidine rings is 1. The zero-order chi connectivity index (χ0) is 14.5. The topological polar surface area (TPSA) is 51.7 Å². The number of carbonyl (C=O) groups excluding carboxylic acids is 1. The van der Waals surface area contributed by atoms with E-state index in [1.54, 1.807) is 0 Å². The smallest absolute Gasteiger partial charge is 0.351 e. The fourth-order valence-corrected chi connectivity index (χ4v) is 3.54. The highest BCUT2D eigenvalue weighted by Crippen LogP contribution is 2.32. The molecule has 1 aliphatic heterocycles. The average Bonchev–Trinajstić information content (AvgIpc) is 2.86. The van der Waals surface area contributed by atoms with E-state index in [2.05, 4.69) is 9.88 Å². The van der Waals surface area contributed by atoms with Gasteiger partial charge >= 0.3 is 5.97 Å². The number of rotatable bonds is 5. The van der Waals surface area contributed by atoms with Crippen molar-refractivity contribution in [1.29, 1.82) is 0 Å². The molecule has 112 valence electrons. The van der Waals surface area contributed by atoms with E-state index < -0.39 is 5.97 Å². The first kappa shape index (κ1) is 15.5. The Kier molecular flexibility index (Phi) is 5.63. The molecule has 1 aliphatic rings. The zero-order valence-electron chi connectivity index (χ0n) is 11.7. The summed E-state index contributed by atoms with van der Waals surface area (Å²) in [6.07, 6.45) is 2.27. The Labute approximate surface area is 127 Å². The highest BCUT2D eigenvalue weighted by atomic mass is 35.5. The van der Waals surface area contributed by atoms with Crippen LogP contribution in [-0.2, 0) is 9.47 Å². The van der Waals surface area contributed by atoms with Crippen LogP contribution in [0.25, 0.3) is 0 Å². The minimum atomic E-state index is -0.429. The summed E-state index contributed by atoms with van der Waals surface area (Å²) < 4.78 is 10.2. The summed E-state index contributed by atoms with van der Waals surface area (Å²) in [5.74, 6) is 0.0783. The largest absolute Gasteiger partial charge is 0.465 e. The first-order valence-corrected chi connectivity index (χ1v) is 7.92. The Morgan fingerprint density at radius 3 is 3.10 bits per heavy atom. The van der Waals surface area contributed by atoms with Gasteiger partial charge in [0.05, 0.1) is 13.7 Å². The predicted octanol–water partition coefficient (Wildman–Crippen LogP) is 2.84. The Balaban J connectivity index is 2.05. The standard InChI is InChI=1S/C13H19ClN2O3S/c1-3-19-8-9-5-4-6-16(7-9)13-15-11(14)10(20-13)12(17)18-2/h9H,3-8H2,1-2H3. The van der Waals surface area contributed by atoms with E-state index in [-0.39, 0.29) is 5.15 Å². The minimum Gasteiger partial charge on any atom is -0.465 e. The first-order valence-electron chi connectivity index (χ1n) is 6.73. The van der Waals surface area contributed by atoms with Crippen LogP contribution in [0.3, 0.4) is 0 Å². The van der Waals surface area contributed by atoms with Crippen molar-refractivity contribution in [1.82, 2.24) is 4.98 Å². The average molecular weight is 319 g/mol. The molecule has 1 aromatic rings. The molecule has 1 fully saturated rings. The summed E-state index contributed by atoms with van der Waals surface area (Å²) >= 11 is 7.30. The van der Waals surface area contributed by atoms with Crippen molar-refractivity contribution < 1.29 is 14.3 Å². The van der Waals surface area contributed by atoms with Gasteiger partial charge in [0.15, 0.2) is 15.2 Å². The van der Waals surface area contributed by atoms with Gasteiger partial charge in [0, 0.05) is 19.7 Å². The molecule has 0 spiro atoms. The fourth-order valence-electron chi connectivity index (χ4n) is 2.30. The van der Waals surface area contributed by atoms with Gasteiger partial charge in [-0.2, -0.15) is 0 Å². The van der Waals surface area contributed by atoms with Gasteiger partial charge in [0.2, 0.25) is 0 Å². The summed E-state index contributed by atoms with van der Waals surface area (Å²) in [5, 5.41) is 1.01. The molecule has 0 amide bonds. The summed E-state index contributed by atoms with van der Waals surface area (Å²) in [4.78, 5) is 18.4. The van der Waals surface area contributed by atoms with Crippen LogP contribution in [0.2, 0.25) is 5.15 Å². The zero-order valence-corrected chi connectivity index (χ0v) is 13.3. The lowest BCUT2D eigenvalue weighted by molar-refractivity contribution is 0.0606. The maximum Gasteiger partial charge on any atom is 0.351 e. The van der Waals surface area contributed by atoms with Crippen LogP contribution in [-0.4, -0.2) is 44.4 Å². The van der Waals surface area contributed by atoms with Gasteiger partial charge in [-0.3, -0.25) is 0 Å². The summed E-state index contributed by atoms with van der Waals surface area (Å²) in [5.41, 5.74) is 0. The van der Waals surface area contributed by atoms with Gasteiger partial charge in [-0.25, -0.2) is 9.78 Å². The molecule has 1 unspecified atom stereocenters. The Bertz CT molecular complexity index is 466. The van der Waals surface area contributed by atoms with E-state index in [4.69, 9.17) is 21.1 Å². The normalized spacial score (nSPS) is 19.1. The molecule has 0 saturated carbocycles. The highest BCUT2D eigenvalue weighted by Gasteiger charge is 2.25. The number of esters is 1. The van der Waals surface area contributed by atoms with Crippen molar-refractivity contribution >= 4 is 34.0 Å². The third-order valence-electron chi connectivity index (χ3n) is 3.29. The highest BCUT2D eigenvalue weighted by molar-refractivity contribution is 7.18. The van der Waals surface area contributed by atoms with Crippen LogP contribution in [0.15, 0.2) is 0 Å². The van der Waals surface area contributed by atoms with Crippen molar-refractivity contribution in [3.63, 3.8) is 0 Å². The SMILES string of the molecule is CCOCC1CCCN(c2nc(Cl)c(C(=O)OC)s2)C1. The molecule has 2 heterocycles. The summed E-state index contributed by atoms with van der Waals surface area (Å²) in [6, 6.07) is 0. The van der Waals surface area contributed by atoms with E-state index in [1.807, 2.05) is 6.92 Å². The van der Waals surface area contributed by atoms with Gasteiger partial charge in [-0.15, -0.1) is 0 Å². The van der Waals surface area contributed by atoms with Gasteiger partial charge < -0.3 is 14.4 Å². The van der Waals surface area contributed by atoms with E-state index in [9.17, 15) is 4.79 Å². The maximum atomic E-state index is 11.6. The Morgan fingerprint density at radius 1 is 1.60 bits per heavy atom. The van der Waals surface area contributed by atoms with Crippen LogP contribution >= 0.6 is 22.9 Å². The number of thiazole rings is 1. The molecule has 0 bridgehead atoms. The van der Waals surface area contributed by atoms with Crippen LogP contribution in [0.1, 0.15) is 29.4 Å². The van der Waals surface area contributed by atoms with Crippen LogP contribution in [0, 0.1) is 5.92 Å². The van der Waals surface area contributed by atoms with E-state index in [0.29, 0.717) is 10.8 Å². The molecule has 0 aromatic carbocycles. The van der Waals surface area contributed by atoms with Gasteiger partial charge in [0.1, 0.15) is 0 Å². The molecule has 1 atom stereocenters. The van der Waals surface area contributed by atoms with E-state index >= 15 is 0 Å². The van der Waals surface area contributed by atoms with E-state index in [1.165, 1.54) is 24.9 Å². The summed E-state index contributed by atoms with van der Waals surface area (Å²) in [6.45, 7) is 5.35. The van der Waals surface area contributed by atoms with Crippen LogP contribution in [0.5, 0.6) is 0 Å². The number of halogens is 1.